The Morgan fingerprint density at radius 2 is 2.32 bits per heavy atom. The molecule has 2 aromatic rings. The number of nitrogens with one attached hydrogen (secondary N) is 4. The molecule has 0 bridgehead atoms. The topological polar surface area (TPSA) is 84.3 Å². The Labute approximate surface area is 128 Å². The van der Waals surface area contributed by atoms with Gasteiger partial charge in [-0.05, 0) is 6.42 Å². The Balaban J connectivity index is 1.79. The summed E-state index contributed by atoms with van der Waals surface area (Å²) in [4.78, 5) is 19.5. The molecule has 1 aliphatic rings. The molecule has 3 heterocycles. The first-order valence-corrected chi connectivity index (χ1v) is 7.52. The monoisotopic (exact) mass is 300 g/mol. The number of carbonyl (C=O) groups excluding carboxylic acids is 1. The largest absolute Gasteiger partial charge is 0.351 e. The van der Waals surface area contributed by atoms with E-state index in [1.807, 2.05) is 23.0 Å². The van der Waals surface area contributed by atoms with Crippen molar-refractivity contribution in [2.24, 2.45) is 0 Å². The number of amides is 1. The lowest BCUT2D eigenvalue weighted by molar-refractivity contribution is -0.522. The van der Waals surface area contributed by atoms with Gasteiger partial charge in [-0.2, -0.15) is 9.83 Å². The van der Waals surface area contributed by atoms with Crippen LogP contribution < -0.4 is 25.6 Å². The molecule has 0 saturated heterocycles. The standard InChI is InChI=1S/C15H18N6O/c1-2-3-4-5-17-15(22)13-8-12-14(20-19-13)21-7-6-16-9-11(21)10-18-12/h6-10H,2-5H2,1H3,(H2,16,17,18,19,22)/p+2. The van der Waals surface area contributed by atoms with E-state index in [-0.39, 0.29) is 5.91 Å². The number of unbranched alkanes of at least 4 members (excludes halogenated alkanes) is 2. The fourth-order valence-corrected chi connectivity index (χ4v) is 2.35. The molecule has 0 saturated carbocycles. The summed E-state index contributed by atoms with van der Waals surface area (Å²) in [5, 5.41) is 2.91. The lowest BCUT2D eigenvalue weighted by Gasteiger charge is -2.14. The molecule has 7 heteroatoms. The molecule has 2 aromatic heterocycles. The molecule has 0 unspecified atom stereocenters. The number of rotatable bonds is 5. The lowest BCUT2D eigenvalue weighted by atomic mass is 10.2. The summed E-state index contributed by atoms with van der Waals surface area (Å²) < 4.78 is 1.96. The number of H-pyrrole nitrogens is 1. The number of hydrazine groups is 1. The number of aromatic nitrogens is 3. The minimum absolute atomic E-state index is 0.123. The first-order chi connectivity index (χ1) is 10.8. The highest BCUT2D eigenvalue weighted by Crippen LogP contribution is 2.15. The van der Waals surface area contributed by atoms with E-state index in [2.05, 4.69) is 33.1 Å². The summed E-state index contributed by atoms with van der Waals surface area (Å²) in [6, 6.07) is 0. The van der Waals surface area contributed by atoms with E-state index < -0.39 is 0 Å². The van der Waals surface area contributed by atoms with Crippen LogP contribution in [0.25, 0.3) is 11.6 Å². The normalized spacial score (nSPS) is 12.9. The Hall–Kier alpha value is -2.70. The van der Waals surface area contributed by atoms with Crippen LogP contribution in [0.5, 0.6) is 0 Å². The molecule has 22 heavy (non-hydrogen) atoms. The van der Waals surface area contributed by atoms with Crippen molar-refractivity contribution in [1.82, 2.24) is 15.7 Å². The van der Waals surface area contributed by atoms with Gasteiger partial charge in [0.2, 0.25) is 17.9 Å². The number of nitrogens with zero attached hydrogens (tertiary/aromatic N) is 2. The zero-order valence-corrected chi connectivity index (χ0v) is 12.5. The number of anilines is 1. The van der Waals surface area contributed by atoms with Crippen molar-refractivity contribution in [3.05, 3.63) is 36.2 Å². The quantitative estimate of drug-likeness (QED) is 0.544. The smallest absolute Gasteiger partial charge is 0.329 e. The van der Waals surface area contributed by atoms with Crippen LogP contribution in [0, 0.1) is 0 Å². The van der Waals surface area contributed by atoms with Crippen LogP contribution in [0.3, 0.4) is 0 Å². The third-order valence-corrected chi connectivity index (χ3v) is 3.56. The second-order valence-corrected chi connectivity index (χ2v) is 5.18. The maximum Gasteiger partial charge on any atom is 0.329 e. The maximum atomic E-state index is 12.1. The molecule has 0 aliphatic carbocycles. The highest BCUT2D eigenvalue weighted by Gasteiger charge is 2.24. The molecule has 0 spiro atoms. The highest BCUT2D eigenvalue weighted by atomic mass is 16.2. The minimum Gasteiger partial charge on any atom is -0.351 e. The van der Waals surface area contributed by atoms with Crippen molar-refractivity contribution in [2.45, 2.75) is 26.2 Å². The van der Waals surface area contributed by atoms with Crippen LogP contribution in [-0.2, 0) is 4.79 Å². The van der Waals surface area contributed by atoms with Crippen LogP contribution >= 0.6 is 0 Å². The van der Waals surface area contributed by atoms with Gasteiger partial charge in [0, 0.05) is 12.6 Å². The molecule has 3 rings (SSSR count). The molecule has 0 atom stereocenters. The summed E-state index contributed by atoms with van der Waals surface area (Å²) in [5.41, 5.74) is 8.10. The Morgan fingerprint density at radius 3 is 3.18 bits per heavy atom. The number of hydrogen-bond acceptors (Lipinski definition) is 4. The number of hydrogen-bond donors (Lipinski definition) is 3. The van der Waals surface area contributed by atoms with E-state index in [9.17, 15) is 4.79 Å². The van der Waals surface area contributed by atoms with Crippen LogP contribution in [0.2, 0.25) is 0 Å². The average molecular weight is 300 g/mol. The first kappa shape index (κ1) is 14.2. The molecule has 1 aliphatic heterocycles. The number of carbonyl (C=O) groups is 1. The molecule has 0 fully saturated rings. The minimum atomic E-state index is -0.123. The van der Waals surface area contributed by atoms with Crippen LogP contribution in [0.1, 0.15) is 31.9 Å². The van der Waals surface area contributed by atoms with Crippen LogP contribution in [-0.4, -0.2) is 17.4 Å². The number of fused-ring (bicyclic) bond motifs is 3. The summed E-state index contributed by atoms with van der Waals surface area (Å²) in [6.07, 6.45) is 12.3. The first-order valence-electron chi connectivity index (χ1n) is 7.52. The second kappa shape index (κ2) is 6.38. The Morgan fingerprint density at radius 1 is 1.41 bits per heavy atom. The zero-order chi connectivity index (χ0) is 15.4. The van der Waals surface area contributed by atoms with Gasteiger partial charge in [0.15, 0.2) is 11.9 Å². The molecular formula is C15H20N6O+2. The van der Waals surface area contributed by atoms with Crippen molar-refractivity contribution >= 4 is 23.3 Å². The molecule has 1 amide bonds. The average Bonchev–Trinajstić information content (AvgIpc) is 2.58. The van der Waals surface area contributed by atoms with E-state index in [0.717, 1.165) is 36.3 Å². The molecule has 4 N–H and O–H groups in total. The predicted molar refractivity (Wildman–Crippen MR) is 81.2 cm³/mol. The molecule has 0 radical (unpaired) electrons. The molecular weight excluding hydrogens is 280 g/mol. The Bertz CT molecular complexity index is 727. The van der Waals surface area contributed by atoms with Gasteiger partial charge in [-0.3, -0.25) is 4.79 Å². The van der Waals surface area contributed by atoms with Gasteiger partial charge in [-0.1, -0.05) is 19.8 Å². The highest BCUT2D eigenvalue weighted by molar-refractivity contribution is 5.98. The van der Waals surface area contributed by atoms with Gasteiger partial charge >= 0.3 is 5.82 Å². The van der Waals surface area contributed by atoms with Crippen molar-refractivity contribution in [1.29, 1.82) is 0 Å². The second-order valence-electron chi connectivity index (χ2n) is 5.18. The summed E-state index contributed by atoms with van der Waals surface area (Å²) in [5.74, 6) is 0.677. The van der Waals surface area contributed by atoms with Crippen LogP contribution in [0.4, 0.5) is 5.82 Å². The number of aromatic amines is 1. The predicted octanol–water partition coefficient (Wildman–Crippen LogP) is 0.212. The van der Waals surface area contributed by atoms with Crippen molar-refractivity contribution in [2.75, 3.05) is 12.0 Å². The van der Waals surface area contributed by atoms with E-state index in [4.69, 9.17) is 0 Å². The molecule has 0 aromatic carbocycles. The van der Waals surface area contributed by atoms with E-state index in [1.54, 1.807) is 12.3 Å². The van der Waals surface area contributed by atoms with Crippen molar-refractivity contribution in [3.8, 4) is 0 Å². The zero-order valence-electron chi connectivity index (χ0n) is 12.5. The van der Waals surface area contributed by atoms with Gasteiger partial charge in [0.1, 0.15) is 5.70 Å². The van der Waals surface area contributed by atoms with Crippen molar-refractivity contribution < 1.29 is 14.2 Å². The fraction of sp³-hybridized carbons (Fsp3) is 0.333. The third kappa shape index (κ3) is 2.83. The van der Waals surface area contributed by atoms with Gasteiger partial charge < -0.3 is 5.32 Å². The lowest BCUT2D eigenvalue weighted by Crippen LogP contribution is -2.41. The molecule has 7 nitrogen and oxygen atoms in total. The fourth-order valence-electron chi connectivity index (χ4n) is 2.35. The van der Waals surface area contributed by atoms with E-state index in [0.29, 0.717) is 12.2 Å². The maximum absolute atomic E-state index is 12.1. The van der Waals surface area contributed by atoms with Crippen molar-refractivity contribution in [3.63, 3.8) is 0 Å². The van der Waals surface area contributed by atoms with Gasteiger partial charge in [0.05, 0.1) is 6.20 Å². The van der Waals surface area contributed by atoms with Gasteiger partial charge in [-0.25, -0.2) is 15.4 Å². The third-order valence-electron chi connectivity index (χ3n) is 3.56. The van der Waals surface area contributed by atoms with E-state index >= 15 is 0 Å². The van der Waals surface area contributed by atoms with Crippen LogP contribution in [0.15, 0.2) is 30.5 Å². The van der Waals surface area contributed by atoms with Gasteiger partial charge in [0.25, 0.3) is 5.91 Å². The summed E-state index contributed by atoms with van der Waals surface area (Å²) in [7, 11) is 0. The van der Waals surface area contributed by atoms with E-state index in [1.165, 1.54) is 0 Å². The summed E-state index contributed by atoms with van der Waals surface area (Å²) in [6.45, 7) is 2.83. The molecule has 114 valence electrons. The summed E-state index contributed by atoms with van der Waals surface area (Å²) >= 11 is 0. The SMILES string of the molecule is CCCCCNC(=O)C1=Cc2ncc3c[nH+]cc[n+]3c2NN1. The Kier molecular flexibility index (Phi) is 4.13. The van der Waals surface area contributed by atoms with Gasteiger partial charge in [-0.15, -0.1) is 0 Å².